The van der Waals surface area contributed by atoms with E-state index in [1.165, 1.54) is 67.3 Å². The summed E-state index contributed by atoms with van der Waals surface area (Å²) in [5, 5.41) is 10.8. The van der Waals surface area contributed by atoms with Crippen LogP contribution in [0.15, 0.2) is 41.4 Å². The van der Waals surface area contributed by atoms with Gasteiger partial charge < -0.3 is 0 Å². The molecule has 0 spiro atoms. The van der Waals surface area contributed by atoms with Crippen molar-refractivity contribution in [3.8, 4) is 0 Å². The average molecular weight is 389 g/mol. The van der Waals surface area contributed by atoms with Gasteiger partial charge in [0.15, 0.2) is 0 Å². The highest BCUT2D eigenvalue weighted by molar-refractivity contribution is 5.82. The van der Waals surface area contributed by atoms with Crippen molar-refractivity contribution in [3.63, 3.8) is 0 Å². The molecule has 0 heterocycles. The summed E-state index contributed by atoms with van der Waals surface area (Å²) in [6.45, 7) is 4.34. The van der Waals surface area contributed by atoms with Gasteiger partial charge in [-0.05, 0) is 116 Å². The van der Waals surface area contributed by atoms with Crippen LogP contribution in [0.4, 0.5) is 11.4 Å². The second-order valence-corrected chi connectivity index (χ2v) is 9.74. The van der Waals surface area contributed by atoms with Gasteiger partial charge in [-0.15, -0.1) is 0 Å². The summed E-state index contributed by atoms with van der Waals surface area (Å²) >= 11 is 0. The smallest absolute Gasteiger partial charge is 0.258 e. The van der Waals surface area contributed by atoms with Gasteiger partial charge in [0.25, 0.3) is 5.69 Å². The lowest BCUT2D eigenvalue weighted by molar-refractivity contribution is -0.384. The number of non-ortho nitro benzene ring substituents is 1. The predicted molar refractivity (Wildman–Crippen MR) is 116 cm³/mol. The molecule has 0 saturated heterocycles. The van der Waals surface area contributed by atoms with Crippen LogP contribution < -0.4 is 0 Å². The minimum Gasteiger partial charge on any atom is -0.258 e. The van der Waals surface area contributed by atoms with Crippen molar-refractivity contribution in [2.24, 2.45) is 22.7 Å². The number of nitrogens with zero attached hydrogens (tertiary/aromatic N) is 2. The Morgan fingerprint density at radius 3 is 2.14 bits per heavy atom. The van der Waals surface area contributed by atoms with Crippen molar-refractivity contribution >= 4 is 17.6 Å². The van der Waals surface area contributed by atoms with Gasteiger partial charge in [0.05, 0.1) is 10.6 Å². The molecule has 4 fully saturated rings. The first kappa shape index (κ1) is 18.5. The van der Waals surface area contributed by atoms with Crippen LogP contribution in [0.1, 0.15) is 60.8 Å². The van der Waals surface area contributed by atoms with Crippen molar-refractivity contribution in [2.45, 2.75) is 57.8 Å². The zero-order valence-electron chi connectivity index (χ0n) is 17.2. The highest BCUT2D eigenvalue weighted by Gasteiger charge is 2.51. The molecule has 4 heteroatoms. The highest BCUT2D eigenvalue weighted by atomic mass is 16.6. The molecule has 6 rings (SSSR count). The molecule has 4 aliphatic carbocycles. The van der Waals surface area contributed by atoms with Gasteiger partial charge in [0, 0.05) is 18.3 Å². The molecule has 4 saturated carbocycles. The summed E-state index contributed by atoms with van der Waals surface area (Å²) in [5.74, 6) is 2.78. The van der Waals surface area contributed by atoms with Gasteiger partial charge in [0.2, 0.25) is 0 Å². The van der Waals surface area contributed by atoms with Gasteiger partial charge in [0.1, 0.15) is 0 Å². The fraction of sp³-hybridized carbons (Fsp3) is 0.480. The average Bonchev–Trinajstić information content (AvgIpc) is 2.68. The number of benzene rings is 2. The second kappa shape index (κ2) is 6.79. The number of rotatable bonds is 4. The first-order chi connectivity index (χ1) is 13.9. The van der Waals surface area contributed by atoms with Crippen molar-refractivity contribution in [3.05, 3.63) is 68.8 Å². The normalized spacial score (nSPS) is 30.2. The van der Waals surface area contributed by atoms with Gasteiger partial charge in [-0.25, -0.2) is 0 Å². The van der Waals surface area contributed by atoms with E-state index in [-0.39, 0.29) is 10.6 Å². The van der Waals surface area contributed by atoms with E-state index in [0.29, 0.717) is 5.41 Å². The standard InChI is InChI=1S/C25H28N2O2/c1-16-7-22(25-12-19-8-20(13-25)10-21(9-19)14-25)11-24(17(16)2)26-15-18-3-5-23(6-4-18)27(28)29/h3-7,11,15,19-21H,8-10,12-14H2,1-2H3. The lowest BCUT2D eigenvalue weighted by atomic mass is 9.48. The third-order valence-electron chi connectivity index (χ3n) is 7.75. The Labute approximate surface area is 172 Å². The lowest BCUT2D eigenvalue weighted by Crippen LogP contribution is -2.48. The lowest BCUT2D eigenvalue weighted by Gasteiger charge is -2.57. The molecule has 2 aromatic carbocycles. The second-order valence-electron chi connectivity index (χ2n) is 9.74. The highest BCUT2D eigenvalue weighted by Crippen LogP contribution is 2.61. The first-order valence-corrected chi connectivity index (χ1v) is 10.8. The molecular formula is C25H28N2O2. The molecule has 4 nitrogen and oxygen atoms in total. The third kappa shape index (κ3) is 3.29. The van der Waals surface area contributed by atoms with E-state index in [1.54, 1.807) is 12.1 Å². The summed E-state index contributed by atoms with van der Waals surface area (Å²) in [6.07, 6.45) is 10.3. The SMILES string of the molecule is Cc1cc(C23CC4CC(CC(C4)C2)C3)cc(N=Cc2ccc([N+](=O)[O-])cc2)c1C. The number of nitro groups is 1. The van der Waals surface area contributed by atoms with Crippen LogP contribution in [0, 0.1) is 41.7 Å². The van der Waals surface area contributed by atoms with E-state index in [0.717, 1.165) is 29.0 Å². The number of aryl methyl sites for hydroxylation is 1. The molecule has 4 aliphatic rings. The monoisotopic (exact) mass is 388 g/mol. The summed E-state index contributed by atoms with van der Waals surface area (Å²) in [7, 11) is 0. The molecule has 0 amide bonds. The Bertz CT molecular complexity index is 955. The van der Waals surface area contributed by atoms with Crippen LogP contribution >= 0.6 is 0 Å². The molecule has 0 radical (unpaired) electrons. The van der Waals surface area contributed by atoms with Gasteiger partial charge in [-0.3, -0.25) is 15.1 Å². The zero-order chi connectivity index (χ0) is 20.2. The maximum Gasteiger partial charge on any atom is 0.269 e. The number of nitro benzene ring substituents is 1. The van der Waals surface area contributed by atoms with Crippen molar-refractivity contribution in [1.29, 1.82) is 0 Å². The van der Waals surface area contributed by atoms with E-state index >= 15 is 0 Å². The topological polar surface area (TPSA) is 55.5 Å². The fourth-order valence-electron chi connectivity index (χ4n) is 6.57. The van der Waals surface area contributed by atoms with Crippen molar-refractivity contribution in [2.75, 3.05) is 0 Å². The van der Waals surface area contributed by atoms with Crippen molar-refractivity contribution in [1.82, 2.24) is 0 Å². The Hall–Kier alpha value is -2.49. The maximum absolute atomic E-state index is 10.8. The third-order valence-corrected chi connectivity index (χ3v) is 7.75. The number of hydrogen-bond donors (Lipinski definition) is 0. The predicted octanol–water partition coefficient (Wildman–Crippen LogP) is 6.43. The largest absolute Gasteiger partial charge is 0.269 e. The van der Waals surface area contributed by atoms with Crippen LogP contribution in [0.5, 0.6) is 0 Å². The zero-order valence-corrected chi connectivity index (χ0v) is 17.2. The minimum atomic E-state index is -0.372. The van der Waals surface area contributed by atoms with Gasteiger partial charge in [-0.1, -0.05) is 6.07 Å². The van der Waals surface area contributed by atoms with Crippen LogP contribution in [-0.4, -0.2) is 11.1 Å². The first-order valence-electron chi connectivity index (χ1n) is 10.8. The Morgan fingerprint density at radius 2 is 1.59 bits per heavy atom. The van der Waals surface area contributed by atoms with E-state index < -0.39 is 0 Å². The molecular weight excluding hydrogens is 360 g/mol. The van der Waals surface area contributed by atoms with Crippen LogP contribution in [0.2, 0.25) is 0 Å². The van der Waals surface area contributed by atoms with E-state index in [9.17, 15) is 10.1 Å². The molecule has 0 aromatic heterocycles. The molecule has 0 aliphatic heterocycles. The van der Waals surface area contributed by atoms with E-state index in [1.807, 2.05) is 6.21 Å². The maximum atomic E-state index is 10.8. The molecule has 0 N–H and O–H groups in total. The Kier molecular flexibility index (Phi) is 4.34. The summed E-state index contributed by atoms with van der Waals surface area (Å²) < 4.78 is 0. The van der Waals surface area contributed by atoms with E-state index in [2.05, 4.69) is 26.0 Å². The number of hydrogen-bond acceptors (Lipinski definition) is 3. The van der Waals surface area contributed by atoms with Crippen LogP contribution in [-0.2, 0) is 5.41 Å². The summed E-state index contributed by atoms with van der Waals surface area (Å²) in [6, 6.07) is 11.3. The quantitative estimate of drug-likeness (QED) is 0.344. The van der Waals surface area contributed by atoms with Crippen molar-refractivity contribution < 1.29 is 4.92 Å². The molecule has 4 bridgehead atoms. The fourth-order valence-corrected chi connectivity index (χ4v) is 6.57. The van der Waals surface area contributed by atoms with Crippen LogP contribution in [0.3, 0.4) is 0 Å². The molecule has 2 aromatic rings. The van der Waals surface area contributed by atoms with Gasteiger partial charge in [-0.2, -0.15) is 0 Å². The Balaban J connectivity index is 1.47. The molecule has 150 valence electrons. The van der Waals surface area contributed by atoms with Crippen LogP contribution in [0.25, 0.3) is 0 Å². The van der Waals surface area contributed by atoms with Gasteiger partial charge >= 0.3 is 0 Å². The number of aliphatic imine (C=N–C) groups is 1. The van der Waals surface area contributed by atoms with E-state index in [4.69, 9.17) is 4.99 Å². The molecule has 0 unspecified atom stereocenters. The summed E-state index contributed by atoms with van der Waals surface area (Å²) in [5.41, 5.74) is 6.42. The molecule has 0 atom stereocenters. The summed E-state index contributed by atoms with van der Waals surface area (Å²) in [4.78, 5) is 15.3. The molecule has 29 heavy (non-hydrogen) atoms. The minimum absolute atomic E-state index is 0.109. The Morgan fingerprint density at radius 1 is 1.00 bits per heavy atom.